The number of carbonyl (C=O) groups excluding carboxylic acids is 1. The van der Waals surface area contributed by atoms with Crippen molar-refractivity contribution >= 4 is 16.8 Å². The summed E-state index contributed by atoms with van der Waals surface area (Å²) in [5.41, 5.74) is 5.21. The Kier molecular flexibility index (Phi) is 4.62. The minimum absolute atomic E-state index is 0.128. The van der Waals surface area contributed by atoms with E-state index in [0.29, 0.717) is 5.92 Å². The number of aromatic amines is 1. The highest BCUT2D eigenvalue weighted by molar-refractivity contribution is 5.94. The van der Waals surface area contributed by atoms with E-state index in [9.17, 15) is 4.79 Å². The van der Waals surface area contributed by atoms with Gasteiger partial charge in [-0.05, 0) is 56.0 Å². The summed E-state index contributed by atoms with van der Waals surface area (Å²) in [6, 6.07) is 14.5. The summed E-state index contributed by atoms with van der Waals surface area (Å²) in [5.74, 6) is 0.522. The van der Waals surface area contributed by atoms with Gasteiger partial charge >= 0.3 is 0 Å². The number of fused-ring (bicyclic) bond motifs is 1. The number of likely N-dealkylation sites (tertiary alicyclic amines) is 1. The molecular weight excluding hydrogens is 374 g/mol. The first-order valence-corrected chi connectivity index (χ1v) is 10.4. The summed E-state index contributed by atoms with van der Waals surface area (Å²) in [5, 5.41) is 12.6. The summed E-state index contributed by atoms with van der Waals surface area (Å²) in [7, 11) is 0. The van der Waals surface area contributed by atoms with Crippen LogP contribution in [0.25, 0.3) is 22.0 Å². The van der Waals surface area contributed by atoms with E-state index in [1.807, 2.05) is 54.7 Å². The van der Waals surface area contributed by atoms with Crippen LogP contribution in [0.3, 0.4) is 0 Å². The van der Waals surface area contributed by atoms with Crippen LogP contribution in [-0.4, -0.2) is 43.4 Å². The summed E-state index contributed by atoms with van der Waals surface area (Å²) >= 11 is 0. The average molecular weight is 399 g/mol. The smallest absolute Gasteiger partial charge is 0.254 e. The molecule has 0 unspecified atom stereocenters. The zero-order valence-corrected chi connectivity index (χ0v) is 17.2. The Hall–Kier alpha value is -3.41. The monoisotopic (exact) mass is 399 g/mol. The number of H-pyrrole nitrogens is 1. The largest absolute Gasteiger partial charge is 0.336 e. The summed E-state index contributed by atoms with van der Waals surface area (Å²) in [6.45, 7) is 5.75. The predicted molar refractivity (Wildman–Crippen MR) is 117 cm³/mol. The van der Waals surface area contributed by atoms with E-state index in [-0.39, 0.29) is 11.9 Å². The van der Waals surface area contributed by atoms with Crippen LogP contribution in [0.1, 0.15) is 29.3 Å². The number of carbonyl (C=O) groups is 1. The van der Waals surface area contributed by atoms with Crippen molar-refractivity contribution in [2.45, 2.75) is 32.9 Å². The highest BCUT2D eigenvalue weighted by atomic mass is 16.2. The molecule has 0 bridgehead atoms. The molecule has 30 heavy (non-hydrogen) atoms. The molecule has 3 heterocycles. The Balaban J connectivity index is 1.33. The standard InChI is InChI=1S/C24H25N5O/c1-16-4-3-5-20(8-16)24(30)28-14-18(9-17(28)2)15-29-23-7-6-19(10-21(23)13-27-29)22-11-25-26-12-22/h3-8,10-13,17-18H,9,14-15H2,1-2H3,(H,25,26)/t17-,18-/m0/s1. The first-order valence-electron chi connectivity index (χ1n) is 10.4. The molecule has 1 amide bonds. The quantitative estimate of drug-likeness (QED) is 0.557. The second kappa shape index (κ2) is 7.44. The average Bonchev–Trinajstić information content (AvgIpc) is 3.48. The highest BCUT2D eigenvalue weighted by Gasteiger charge is 2.33. The van der Waals surface area contributed by atoms with Crippen LogP contribution in [0, 0.1) is 12.8 Å². The van der Waals surface area contributed by atoms with Crippen molar-refractivity contribution in [3.8, 4) is 11.1 Å². The van der Waals surface area contributed by atoms with Crippen LogP contribution in [0.15, 0.2) is 61.1 Å². The van der Waals surface area contributed by atoms with Gasteiger partial charge in [0.1, 0.15) is 0 Å². The van der Waals surface area contributed by atoms with Gasteiger partial charge in [0.15, 0.2) is 0 Å². The Morgan fingerprint density at radius 3 is 2.87 bits per heavy atom. The third-order valence-electron chi connectivity index (χ3n) is 6.09. The lowest BCUT2D eigenvalue weighted by atomic mass is 10.1. The van der Waals surface area contributed by atoms with E-state index in [2.05, 4.69) is 45.1 Å². The number of aromatic nitrogens is 4. The zero-order chi connectivity index (χ0) is 20.7. The molecule has 1 aliphatic rings. The number of hydrogen-bond acceptors (Lipinski definition) is 3. The van der Waals surface area contributed by atoms with E-state index >= 15 is 0 Å². The van der Waals surface area contributed by atoms with Crippen LogP contribution in [-0.2, 0) is 6.54 Å². The topological polar surface area (TPSA) is 66.8 Å². The third kappa shape index (κ3) is 3.38. The predicted octanol–water partition coefficient (Wildman–Crippen LogP) is 4.29. The van der Waals surface area contributed by atoms with Crippen molar-refractivity contribution in [1.29, 1.82) is 0 Å². The molecule has 1 fully saturated rings. The summed E-state index contributed by atoms with van der Waals surface area (Å²) in [6.07, 6.45) is 6.63. The van der Waals surface area contributed by atoms with Gasteiger partial charge in [0.2, 0.25) is 0 Å². The maximum absolute atomic E-state index is 13.0. The Bertz CT molecular complexity index is 1190. The molecule has 6 nitrogen and oxygen atoms in total. The number of benzene rings is 2. The fourth-order valence-corrected chi connectivity index (χ4v) is 4.57. The molecule has 0 spiro atoms. The van der Waals surface area contributed by atoms with Gasteiger partial charge in [0, 0.05) is 41.8 Å². The Labute approximate surface area is 175 Å². The molecule has 2 aromatic heterocycles. The second-order valence-corrected chi connectivity index (χ2v) is 8.36. The fraction of sp³-hybridized carbons (Fsp3) is 0.292. The number of aryl methyl sites for hydroxylation is 1. The highest BCUT2D eigenvalue weighted by Crippen LogP contribution is 2.28. The molecule has 5 rings (SSSR count). The van der Waals surface area contributed by atoms with Crippen molar-refractivity contribution in [2.24, 2.45) is 5.92 Å². The SMILES string of the molecule is Cc1cccc(C(=O)N2C[C@@H](Cn3ncc4cc(-c5cn[nH]c5)ccc43)C[C@@H]2C)c1. The first kappa shape index (κ1) is 18.6. The molecule has 1 saturated heterocycles. The number of nitrogens with zero attached hydrogens (tertiary/aromatic N) is 4. The van der Waals surface area contributed by atoms with Gasteiger partial charge in [-0.3, -0.25) is 14.6 Å². The second-order valence-electron chi connectivity index (χ2n) is 8.36. The van der Waals surface area contributed by atoms with Crippen molar-refractivity contribution in [3.63, 3.8) is 0 Å². The molecule has 1 aliphatic heterocycles. The molecule has 1 N–H and O–H groups in total. The molecule has 0 saturated carbocycles. The van der Waals surface area contributed by atoms with Gasteiger partial charge < -0.3 is 4.90 Å². The van der Waals surface area contributed by atoms with E-state index in [1.54, 1.807) is 0 Å². The Morgan fingerprint density at radius 1 is 1.17 bits per heavy atom. The molecule has 2 aromatic carbocycles. The normalized spacial score (nSPS) is 18.9. The minimum Gasteiger partial charge on any atom is -0.336 e. The Morgan fingerprint density at radius 2 is 2.07 bits per heavy atom. The van der Waals surface area contributed by atoms with E-state index < -0.39 is 0 Å². The number of hydrogen-bond donors (Lipinski definition) is 1. The number of nitrogens with one attached hydrogen (secondary N) is 1. The summed E-state index contributed by atoms with van der Waals surface area (Å²) in [4.78, 5) is 15.0. The van der Waals surface area contributed by atoms with Crippen LogP contribution >= 0.6 is 0 Å². The van der Waals surface area contributed by atoms with Crippen molar-refractivity contribution in [1.82, 2.24) is 24.9 Å². The lowest BCUT2D eigenvalue weighted by molar-refractivity contribution is 0.0742. The maximum atomic E-state index is 13.0. The molecule has 2 atom stereocenters. The molecule has 152 valence electrons. The molecule has 0 aliphatic carbocycles. The zero-order valence-electron chi connectivity index (χ0n) is 17.2. The summed E-state index contributed by atoms with van der Waals surface area (Å²) < 4.78 is 2.08. The van der Waals surface area contributed by atoms with Crippen LogP contribution in [0.5, 0.6) is 0 Å². The van der Waals surface area contributed by atoms with E-state index in [1.165, 1.54) is 0 Å². The lowest BCUT2D eigenvalue weighted by Crippen LogP contribution is -2.34. The van der Waals surface area contributed by atoms with Crippen LogP contribution in [0.4, 0.5) is 0 Å². The maximum Gasteiger partial charge on any atom is 0.254 e. The van der Waals surface area contributed by atoms with Gasteiger partial charge in [-0.1, -0.05) is 23.8 Å². The first-order chi connectivity index (χ1) is 14.6. The number of rotatable bonds is 4. The number of amides is 1. The van der Waals surface area contributed by atoms with Gasteiger partial charge in [-0.15, -0.1) is 0 Å². The van der Waals surface area contributed by atoms with Gasteiger partial charge in [-0.2, -0.15) is 10.2 Å². The minimum atomic E-state index is 0.128. The van der Waals surface area contributed by atoms with E-state index in [0.717, 1.165) is 52.7 Å². The van der Waals surface area contributed by atoms with Crippen molar-refractivity contribution < 1.29 is 4.79 Å². The van der Waals surface area contributed by atoms with Crippen LogP contribution in [0.2, 0.25) is 0 Å². The lowest BCUT2D eigenvalue weighted by Gasteiger charge is -2.21. The van der Waals surface area contributed by atoms with Crippen LogP contribution < -0.4 is 0 Å². The fourth-order valence-electron chi connectivity index (χ4n) is 4.57. The molecular formula is C24H25N5O. The van der Waals surface area contributed by atoms with Gasteiger partial charge in [-0.25, -0.2) is 0 Å². The molecule has 0 radical (unpaired) electrons. The van der Waals surface area contributed by atoms with Gasteiger partial charge in [0.05, 0.1) is 17.9 Å². The van der Waals surface area contributed by atoms with Crippen molar-refractivity contribution in [3.05, 3.63) is 72.2 Å². The van der Waals surface area contributed by atoms with E-state index in [4.69, 9.17) is 0 Å². The third-order valence-corrected chi connectivity index (χ3v) is 6.09. The molecule has 4 aromatic rings. The van der Waals surface area contributed by atoms with Crippen molar-refractivity contribution in [2.75, 3.05) is 6.54 Å². The van der Waals surface area contributed by atoms with Gasteiger partial charge in [0.25, 0.3) is 5.91 Å². The molecule has 6 heteroatoms.